The van der Waals surface area contributed by atoms with Crippen molar-refractivity contribution in [2.24, 2.45) is 0 Å². The molecule has 1 N–H and O–H groups in total. The standard InChI is InChI=1S/C22H16ClN5O2/c23-16-8-5-14(6-9-16)13-28-20-4-2-1-3-17(20)21(25-28)22(29)24-12-15-7-10-18-19(11-15)27-30-26-18/h1-11H,12-13H2,(H,24,29). The molecular formula is C22H16ClN5O2. The van der Waals surface area contributed by atoms with Gasteiger partial charge < -0.3 is 5.32 Å². The first kappa shape index (κ1) is 18.3. The summed E-state index contributed by atoms with van der Waals surface area (Å²) in [5.41, 5.74) is 4.57. The lowest BCUT2D eigenvalue weighted by molar-refractivity contribution is 0.0946. The third kappa shape index (κ3) is 3.51. The first-order chi connectivity index (χ1) is 14.7. The van der Waals surface area contributed by atoms with Crippen molar-refractivity contribution in [2.45, 2.75) is 13.1 Å². The number of fused-ring (bicyclic) bond motifs is 2. The summed E-state index contributed by atoms with van der Waals surface area (Å²) in [7, 11) is 0. The van der Waals surface area contributed by atoms with Gasteiger partial charge in [-0.3, -0.25) is 9.48 Å². The number of nitrogens with zero attached hydrogens (tertiary/aromatic N) is 4. The van der Waals surface area contributed by atoms with Crippen molar-refractivity contribution in [3.05, 3.63) is 88.6 Å². The van der Waals surface area contributed by atoms with Crippen LogP contribution in [0.4, 0.5) is 0 Å². The average molecular weight is 418 g/mol. The summed E-state index contributed by atoms with van der Waals surface area (Å²) >= 11 is 5.98. The van der Waals surface area contributed by atoms with E-state index in [1.54, 1.807) is 0 Å². The Kier molecular flexibility index (Phi) is 4.65. The zero-order valence-corrected chi connectivity index (χ0v) is 16.5. The van der Waals surface area contributed by atoms with Crippen LogP contribution in [0.15, 0.2) is 71.4 Å². The minimum absolute atomic E-state index is 0.237. The van der Waals surface area contributed by atoms with Crippen LogP contribution < -0.4 is 5.32 Å². The van der Waals surface area contributed by atoms with Crippen LogP contribution in [0.3, 0.4) is 0 Å². The van der Waals surface area contributed by atoms with Gasteiger partial charge in [0.05, 0.1) is 12.1 Å². The molecule has 0 saturated heterocycles. The minimum Gasteiger partial charge on any atom is -0.347 e. The van der Waals surface area contributed by atoms with E-state index in [0.717, 1.165) is 22.0 Å². The van der Waals surface area contributed by atoms with Gasteiger partial charge in [-0.15, -0.1) is 0 Å². The second-order valence-electron chi connectivity index (χ2n) is 6.92. The smallest absolute Gasteiger partial charge is 0.272 e. The molecule has 3 aromatic carbocycles. The number of halogens is 1. The molecule has 0 bridgehead atoms. The van der Waals surface area contributed by atoms with Crippen LogP contribution in [0.5, 0.6) is 0 Å². The van der Waals surface area contributed by atoms with Gasteiger partial charge in [0.2, 0.25) is 0 Å². The number of aromatic nitrogens is 4. The number of carbonyl (C=O) groups excluding carboxylic acids is 1. The van der Waals surface area contributed by atoms with Gasteiger partial charge in [0.15, 0.2) is 5.69 Å². The van der Waals surface area contributed by atoms with Crippen molar-refractivity contribution < 1.29 is 9.42 Å². The fourth-order valence-corrected chi connectivity index (χ4v) is 3.51. The number of para-hydroxylation sites is 1. The zero-order valence-electron chi connectivity index (χ0n) is 15.7. The van der Waals surface area contributed by atoms with Gasteiger partial charge >= 0.3 is 0 Å². The summed E-state index contributed by atoms with van der Waals surface area (Å²) in [6, 6.07) is 20.8. The van der Waals surface area contributed by atoms with E-state index in [-0.39, 0.29) is 5.91 Å². The van der Waals surface area contributed by atoms with Crippen LogP contribution in [0.1, 0.15) is 21.6 Å². The Morgan fingerprint density at radius 3 is 2.60 bits per heavy atom. The molecule has 2 heterocycles. The predicted molar refractivity (Wildman–Crippen MR) is 113 cm³/mol. The highest BCUT2D eigenvalue weighted by atomic mass is 35.5. The first-order valence-corrected chi connectivity index (χ1v) is 9.74. The highest BCUT2D eigenvalue weighted by Crippen LogP contribution is 2.20. The Balaban J connectivity index is 1.40. The van der Waals surface area contributed by atoms with Gasteiger partial charge in [0, 0.05) is 17.0 Å². The third-order valence-electron chi connectivity index (χ3n) is 4.89. The molecule has 0 aliphatic carbocycles. The molecule has 0 unspecified atom stereocenters. The van der Waals surface area contributed by atoms with E-state index in [1.807, 2.05) is 71.4 Å². The van der Waals surface area contributed by atoms with E-state index < -0.39 is 0 Å². The molecule has 0 fully saturated rings. The molecule has 1 amide bonds. The quantitative estimate of drug-likeness (QED) is 0.463. The summed E-state index contributed by atoms with van der Waals surface area (Å²) in [4.78, 5) is 12.9. The maximum atomic E-state index is 12.9. The maximum Gasteiger partial charge on any atom is 0.272 e. The molecule has 2 aromatic heterocycles. The molecule has 5 rings (SSSR count). The van der Waals surface area contributed by atoms with Gasteiger partial charge in [0.1, 0.15) is 11.0 Å². The molecule has 8 heteroatoms. The highest BCUT2D eigenvalue weighted by Gasteiger charge is 2.17. The number of benzene rings is 3. The minimum atomic E-state index is -0.237. The van der Waals surface area contributed by atoms with Crippen LogP contribution in [-0.2, 0) is 13.1 Å². The molecule has 0 aliphatic heterocycles. The highest BCUT2D eigenvalue weighted by molar-refractivity contribution is 6.30. The van der Waals surface area contributed by atoms with Crippen molar-refractivity contribution in [3.8, 4) is 0 Å². The fourth-order valence-electron chi connectivity index (χ4n) is 3.38. The number of hydrogen-bond acceptors (Lipinski definition) is 5. The fraction of sp³-hybridized carbons (Fsp3) is 0.0909. The molecule has 30 heavy (non-hydrogen) atoms. The lowest BCUT2D eigenvalue weighted by Crippen LogP contribution is -2.23. The monoisotopic (exact) mass is 417 g/mol. The van der Waals surface area contributed by atoms with E-state index in [9.17, 15) is 4.79 Å². The SMILES string of the molecule is O=C(NCc1ccc2nonc2c1)c1nn(Cc2ccc(Cl)cc2)c2ccccc12. The van der Waals surface area contributed by atoms with Crippen molar-refractivity contribution in [3.63, 3.8) is 0 Å². The molecule has 0 radical (unpaired) electrons. The van der Waals surface area contributed by atoms with Gasteiger partial charge in [-0.25, -0.2) is 4.63 Å². The second-order valence-corrected chi connectivity index (χ2v) is 7.36. The Hall–Kier alpha value is -3.71. The number of carbonyl (C=O) groups is 1. The number of rotatable bonds is 5. The van der Waals surface area contributed by atoms with Crippen LogP contribution in [-0.4, -0.2) is 26.0 Å². The molecule has 5 aromatic rings. The maximum absolute atomic E-state index is 12.9. The van der Waals surface area contributed by atoms with Gasteiger partial charge in [-0.1, -0.05) is 48.0 Å². The van der Waals surface area contributed by atoms with Crippen LogP contribution in [0, 0.1) is 0 Å². The first-order valence-electron chi connectivity index (χ1n) is 9.37. The summed E-state index contributed by atoms with van der Waals surface area (Å²) in [5.74, 6) is -0.237. The van der Waals surface area contributed by atoms with E-state index in [2.05, 4.69) is 20.7 Å². The Bertz CT molecular complexity index is 1360. The van der Waals surface area contributed by atoms with E-state index in [1.165, 1.54) is 0 Å². The molecule has 0 spiro atoms. The van der Waals surface area contributed by atoms with Crippen molar-refractivity contribution in [1.82, 2.24) is 25.4 Å². The molecular weight excluding hydrogens is 402 g/mol. The third-order valence-corrected chi connectivity index (χ3v) is 5.14. The zero-order chi connectivity index (χ0) is 20.5. The molecule has 0 aliphatic rings. The average Bonchev–Trinajstić information content (AvgIpc) is 3.38. The number of amides is 1. The lowest BCUT2D eigenvalue weighted by atomic mass is 10.1. The molecule has 7 nitrogen and oxygen atoms in total. The largest absolute Gasteiger partial charge is 0.347 e. The van der Waals surface area contributed by atoms with Crippen LogP contribution in [0.2, 0.25) is 5.02 Å². The molecule has 148 valence electrons. The van der Waals surface area contributed by atoms with E-state index in [4.69, 9.17) is 16.2 Å². The van der Waals surface area contributed by atoms with Gasteiger partial charge in [-0.05, 0) is 51.8 Å². The second kappa shape index (κ2) is 7.61. The van der Waals surface area contributed by atoms with E-state index >= 15 is 0 Å². The Labute approximate surface area is 176 Å². The van der Waals surface area contributed by atoms with Gasteiger partial charge in [0.25, 0.3) is 5.91 Å². The lowest BCUT2D eigenvalue weighted by Gasteiger charge is -2.04. The van der Waals surface area contributed by atoms with Crippen molar-refractivity contribution in [1.29, 1.82) is 0 Å². The normalized spacial score (nSPS) is 11.2. The predicted octanol–water partition coefficient (Wildman–Crippen LogP) is 4.20. The number of nitrogens with one attached hydrogen (secondary N) is 1. The number of hydrogen-bond donors (Lipinski definition) is 1. The van der Waals surface area contributed by atoms with Crippen LogP contribution >= 0.6 is 11.6 Å². The summed E-state index contributed by atoms with van der Waals surface area (Å²) in [5, 5.41) is 16.6. The Morgan fingerprint density at radius 1 is 0.967 bits per heavy atom. The summed E-state index contributed by atoms with van der Waals surface area (Å²) in [6.07, 6.45) is 0. The Morgan fingerprint density at radius 2 is 1.73 bits per heavy atom. The van der Waals surface area contributed by atoms with Gasteiger partial charge in [-0.2, -0.15) is 5.10 Å². The van der Waals surface area contributed by atoms with E-state index in [0.29, 0.717) is 34.8 Å². The molecule has 0 atom stereocenters. The topological polar surface area (TPSA) is 85.8 Å². The molecule has 0 saturated carbocycles. The van der Waals surface area contributed by atoms with Crippen molar-refractivity contribution >= 4 is 39.4 Å². The van der Waals surface area contributed by atoms with Crippen LogP contribution in [0.25, 0.3) is 21.9 Å². The van der Waals surface area contributed by atoms with Crippen molar-refractivity contribution in [2.75, 3.05) is 0 Å². The summed E-state index contributed by atoms with van der Waals surface area (Å²) in [6.45, 7) is 0.890. The summed E-state index contributed by atoms with van der Waals surface area (Å²) < 4.78 is 6.55.